The third-order valence-corrected chi connectivity index (χ3v) is 1.50. The molecule has 0 radical (unpaired) electrons. The number of Topliss-reactive ketones (excluding diaryl/α,β-unsaturated/α-hetero) is 1. The Morgan fingerprint density at radius 3 is 2.27 bits per heavy atom. The fourth-order valence-corrected chi connectivity index (χ4v) is 0.580. The van der Waals surface area contributed by atoms with Crippen molar-refractivity contribution in [3.05, 3.63) is 0 Å². The molecular weight excluding hydrogens is 202 g/mol. The average molecular weight is 217 g/mol. The maximum Gasteiger partial charge on any atom is 0.410 e. The summed E-state index contributed by atoms with van der Waals surface area (Å²) in [7, 11) is 0. The molecule has 0 atom stereocenters. The molecule has 0 heterocycles. The summed E-state index contributed by atoms with van der Waals surface area (Å²) in [6, 6.07) is 0. The number of ketones is 1. The van der Waals surface area contributed by atoms with Gasteiger partial charge in [0.05, 0.1) is 6.54 Å². The predicted molar refractivity (Wildman–Crippen MR) is 51.0 cm³/mol. The van der Waals surface area contributed by atoms with Crippen LogP contribution in [0.15, 0.2) is 0 Å². The van der Waals surface area contributed by atoms with E-state index in [9.17, 15) is 14.4 Å². The number of ether oxygens (including phenoxy) is 2. The maximum absolute atomic E-state index is 11.1. The summed E-state index contributed by atoms with van der Waals surface area (Å²) in [6.45, 7) is 4.12. The molecule has 0 rings (SSSR count). The van der Waals surface area contributed by atoms with Gasteiger partial charge >= 0.3 is 12.1 Å². The first-order chi connectivity index (χ1) is 6.93. The Balaban J connectivity index is 3.58. The van der Waals surface area contributed by atoms with Gasteiger partial charge in [-0.15, -0.1) is 0 Å². The third-order valence-electron chi connectivity index (χ3n) is 1.50. The topological polar surface area (TPSA) is 81.7 Å². The molecule has 0 unspecified atom stereocenters. The zero-order valence-corrected chi connectivity index (χ0v) is 9.03. The van der Waals surface area contributed by atoms with Crippen LogP contribution in [0.25, 0.3) is 0 Å². The van der Waals surface area contributed by atoms with Gasteiger partial charge in [0.1, 0.15) is 0 Å². The fraction of sp³-hybridized carbons (Fsp3) is 0.667. The Labute approximate surface area is 87.9 Å². The van der Waals surface area contributed by atoms with Crippen molar-refractivity contribution < 1.29 is 23.9 Å². The zero-order valence-electron chi connectivity index (χ0n) is 9.03. The minimum Gasteiger partial charge on any atom is -0.428 e. The van der Waals surface area contributed by atoms with Crippen molar-refractivity contribution in [2.75, 3.05) is 13.3 Å². The molecule has 0 saturated carbocycles. The van der Waals surface area contributed by atoms with E-state index in [1.54, 1.807) is 13.8 Å². The van der Waals surface area contributed by atoms with Gasteiger partial charge in [0.2, 0.25) is 6.79 Å². The van der Waals surface area contributed by atoms with E-state index in [4.69, 9.17) is 0 Å². The van der Waals surface area contributed by atoms with E-state index in [1.165, 1.54) is 6.92 Å². The Morgan fingerprint density at radius 1 is 1.20 bits per heavy atom. The van der Waals surface area contributed by atoms with Crippen LogP contribution < -0.4 is 5.32 Å². The molecule has 0 bridgehead atoms. The van der Waals surface area contributed by atoms with E-state index in [-0.39, 0.29) is 18.2 Å². The van der Waals surface area contributed by atoms with Crippen molar-refractivity contribution in [3.8, 4) is 0 Å². The molecule has 0 aliphatic rings. The van der Waals surface area contributed by atoms with Gasteiger partial charge in [-0.2, -0.15) is 0 Å². The number of nitrogens with one attached hydrogen (secondary N) is 1. The van der Waals surface area contributed by atoms with E-state index < -0.39 is 18.9 Å². The van der Waals surface area contributed by atoms with Gasteiger partial charge in [-0.05, 0) is 0 Å². The number of carbonyl (C=O) groups is 3. The predicted octanol–water partition coefficient (Wildman–Crippen LogP) is 0.458. The summed E-state index contributed by atoms with van der Waals surface area (Å²) >= 11 is 0. The van der Waals surface area contributed by atoms with Crippen LogP contribution in [0.4, 0.5) is 4.79 Å². The van der Waals surface area contributed by atoms with Crippen LogP contribution >= 0.6 is 0 Å². The summed E-state index contributed by atoms with van der Waals surface area (Å²) in [5.74, 6) is -0.778. The second-order valence-corrected chi connectivity index (χ2v) is 3.16. The standard InChI is InChI=1S/C9H15NO5/c1-6(2)8(12)4-10-9(13)15-5-14-7(3)11/h6H,4-5H2,1-3H3,(H,10,13). The zero-order chi connectivity index (χ0) is 11.8. The molecular formula is C9H15NO5. The highest BCUT2D eigenvalue weighted by atomic mass is 16.7. The molecule has 15 heavy (non-hydrogen) atoms. The Morgan fingerprint density at radius 2 is 1.80 bits per heavy atom. The lowest BCUT2D eigenvalue weighted by atomic mass is 10.1. The van der Waals surface area contributed by atoms with Gasteiger partial charge in [-0.3, -0.25) is 9.59 Å². The highest BCUT2D eigenvalue weighted by molar-refractivity contribution is 5.85. The van der Waals surface area contributed by atoms with Crippen LogP contribution in [-0.2, 0) is 19.1 Å². The van der Waals surface area contributed by atoms with Crippen LogP contribution in [0.3, 0.4) is 0 Å². The van der Waals surface area contributed by atoms with E-state index in [0.717, 1.165) is 0 Å². The van der Waals surface area contributed by atoms with Crippen LogP contribution in [0.1, 0.15) is 20.8 Å². The van der Waals surface area contributed by atoms with Crippen LogP contribution in [0.5, 0.6) is 0 Å². The number of rotatable bonds is 5. The van der Waals surface area contributed by atoms with Crippen LogP contribution in [0.2, 0.25) is 0 Å². The number of hydrogen-bond donors (Lipinski definition) is 1. The average Bonchev–Trinajstić information content (AvgIpc) is 2.13. The molecule has 0 saturated heterocycles. The first-order valence-corrected chi connectivity index (χ1v) is 4.50. The molecule has 0 fully saturated rings. The van der Waals surface area contributed by atoms with Gasteiger partial charge in [-0.25, -0.2) is 4.79 Å². The second kappa shape index (κ2) is 6.80. The van der Waals surface area contributed by atoms with E-state index in [2.05, 4.69) is 14.8 Å². The minimum atomic E-state index is -0.787. The van der Waals surface area contributed by atoms with Crippen LogP contribution in [-0.4, -0.2) is 31.2 Å². The smallest absolute Gasteiger partial charge is 0.410 e. The van der Waals surface area contributed by atoms with E-state index in [1.807, 2.05) is 0 Å². The normalized spacial score (nSPS) is 9.60. The highest BCUT2D eigenvalue weighted by Crippen LogP contribution is 1.92. The van der Waals surface area contributed by atoms with Gasteiger partial charge in [0.15, 0.2) is 5.78 Å². The van der Waals surface area contributed by atoms with Crippen molar-refractivity contribution in [3.63, 3.8) is 0 Å². The SMILES string of the molecule is CC(=O)OCOC(=O)NCC(=O)C(C)C. The minimum absolute atomic E-state index is 0.0867. The molecule has 1 N–H and O–H groups in total. The number of amides is 1. The summed E-state index contributed by atoms with van der Waals surface area (Å²) in [5.41, 5.74) is 0. The summed E-state index contributed by atoms with van der Waals surface area (Å²) in [6.07, 6.45) is -0.787. The van der Waals surface area contributed by atoms with E-state index >= 15 is 0 Å². The van der Waals surface area contributed by atoms with Gasteiger partial charge in [0, 0.05) is 12.8 Å². The highest BCUT2D eigenvalue weighted by Gasteiger charge is 2.09. The molecule has 6 heteroatoms. The van der Waals surface area contributed by atoms with Crippen molar-refractivity contribution in [1.82, 2.24) is 5.32 Å². The summed E-state index contributed by atoms with van der Waals surface area (Å²) < 4.78 is 8.80. The number of carbonyl (C=O) groups excluding carboxylic acids is 3. The van der Waals surface area contributed by atoms with E-state index in [0.29, 0.717) is 0 Å². The first kappa shape index (κ1) is 13.4. The molecule has 1 amide bonds. The molecule has 0 aliphatic heterocycles. The van der Waals surface area contributed by atoms with Gasteiger partial charge < -0.3 is 14.8 Å². The van der Waals surface area contributed by atoms with Gasteiger partial charge in [-0.1, -0.05) is 13.8 Å². The second-order valence-electron chi connectivity index (χ2n) is 3.16. The lowest BCUT2D eigenvalue weighted by Crippen LogP contribution is -2.32. The largest absolute Gasteiger partial charge is 0.428 e. The monoisotopic (exact) mass is 217 g/mol. The molecule has 6 nitrogen and oxygen atoms in total. The Kier molecular flexibility index (Phi) is 6.08. The summed E-state index contributed by atoms with van der Waals surface area (Å²) in [5, 5.41) is 2.24. The van der Waals surface area contributed by atoms with Crippen molar-refractivity contribution in [2.45, 2.75) is 20.8 Å². The third kappa shape index (κ3) is 7.48. The Bertz CT molecular complexity index is 249. The number of hydrogen-bond acceptors (Lipinski definition) is 5. The number of alkyl carbamates (subject to hydrolysis) is 1. The van der Waals surface area contributed by atoms with Gasteiger partial charge in [0.25, 0.3) is 0 Å². The Hall–Kier alpha value is -1.59. The lowest BCUT2D eigenvalue weighted by molar-refractivity contribution is -0.149. The molecule has 0 aromatic carbocycles. The van der Waals surface area contributed by atoms with Crippen molar-refractivity contribution >= 4 is 17.8 Å². The first-order valence-electron chi connectivity index (χ1n) is 4.50. The quantitative estimate of drug-likeness (QED) is 0.534. The molecule has 0 aromatic rings. The van der Waals surface area contributed by atoms with Crippen LogP contribution in [0, 0.1) is 5.92 Å². The number of esters is 1. The molecule has 0 spiro atoms. The summed E-state index contributed by atoms with van der Waals surface area (Å²) in [4.78, 5) is 32.2. The fourth-order valence-electron chi connectivity index (χ4n) is 0.580. The maximum atomic E-state index is 11.1. The molecule has 86 valence electrons. The molecule has 0 aliphatic carbocycles. The van der Waals surface area contributed by atoms with Crippen molar-refractivity contribution in [1.29, 1.82) is 0 Å². The van der Waals surface area contributed by atoms with Crippen molar-refractivity contribution in [2.24, 2.45) is 5.92 Å². The lowest BCUT2D eigenvalue weighted by Gasteiger charge is -2.07. The molecule has 0 aromatic heterocycles.